The Labute approximate surface area is 143 Å². The van der Waals surface area contributed by atoms with Gasteiger partial charge in [0.25, 0.3) is 0 Å². The van der Waals surface area contributed by atoms with E-state index in [0.717, 1.165) is 11.4 Å². The molecule has 0 saturated heterocycles. The molecule has 24 heavy (non-hydrogen) atoms. The molecule has 1 rings (SSSR count). The van der Waals surface area contributed by atoms with Crippen LogP contribution < -0.4 is 15.8 Å². The topological polar surface area (TPSA) is 89.2 Å². The molecular weight excluding hydrogens is 308 g/mol. The van der Waals surface area contributed by atoms with Crippen LogP contribution in [0.15, 0.2) is 29.3 Å². The van der Waals surface area contributed by atoms with Crippen LogP contribution in [0.5, 0.6) is 5.75 Å². The highest BCUT2D eigenvalue weighted by Crippen LogP contribution is 2.14. The molecule has 0 aromatic heterocycles. The summed E-state index contributed by atoms with van der Waals surface area (Å²) in [5.41, 5.74) is 6.16. The van der Waals surface area contributed by atoms with Crippen LogP contribution in [0.25, 0.3) is 0 Å². The Hall–Kier alpha value is -2.44. The second-order valence-electron chi connectivity index (χ2n) is 6.18. The lowest BCUT2D eigenvalue weighted by molar-refractivity contribution is 0.0266. The summed E-state index contributed by atoms with van der Waals surface area (Å²) in [7, 11) is 1.61. The number of aliphatic imine (C=N–C) groups is 1. The fourth-order valence-corrected chi connectivity index (χ4v) is 1.86. The van der Waals surface area contributed by atoms with Crippen molar-refractivity contribution in [1.29, 1.82) is 0 Å². The number of nitrogens with one attached hydrogen (secondary N) is 1. The summed E-state index contributed by atoms with van der Waals surface area (Å²) in [6, 6.07) is 7.36. The van der Waals surface area contributed by atoms with Crippen LogP contribution in [0.4, 0.5) is 10.5 Å². The van der Waals surface area contributed by atoms with Gasteiger partial charge in [-0.2, -0.15) is 0 Å². The molecule has 0 fully saturated rings. The number of methoxy groups -OCH3 is 1. The number of benzene rings is 1. The zero-order valence-corrected chi connectivity index (χ0v) is 15.1. The molecule has 0 heterocycles. The second kappa shape index (κ2) is 9.00. The van der Waals surface area contributed by atoms with E-state index >= 15 is 0 Å². The molecule has 0 aliphatic carbocycles. The average Bonchev–Trinajstić information content (AvgIpc) is 2.50. The van der Waals surface area contributed by atoms with Gasteiger partial charge in [0, 0.05) is 18.8 Å². The molecule has 0 atom stereocenters. The molecule has 134 valence electrons. The van der Waals surface area contributed by atoms with E-state index in [9.17, 15) is 4.79 Å². The highest BCUT2D eigenvalue weighted by molar-refractivity contribution is 5.92. The van der Waals surface area contributed by atoms with Crippen molar-refractivity contribution in [1.82, 2.24) is 4.90 Å². The number of guanidine groups is 1. The number of nitrogens with zero attached hydrogens (tertiary/aromatic N) is 2. The first-order valence-corrected chi connectivity index (χ1v) is 7.94. The summed E-state index contributed by atoms with van der Waals surface area (Å²) in [5.74, 6) is 1.06. The predicted molar refractivity (Wildman–Crippen MR) is 96.6 cm³/mol. The minimum Gasteiger partial charge on any atom is -0.497 e. The van der Waals surface area contributed by atoms with Crippen LogP contribution in [0.3, 0.4) is 0 Å². The zero-order chi connectivity index (χ0) is 18.2. The highest BCUT2D eigenvalue weighted by atomic mass is 16.6. The normalized spacial score (nSPS) is 11.8. The number of amides is 1. The van der Waals surface area contributed by atoms with E-state index in [0.29, 0.717) is 25.6 Å². The number of rotatable bonds is 6. The minimum atomic E-state index is -0.511. The standard InChI is InChI=1S/C17H28N4O3/c1-6-21(16(22)24-17(2,3)4)12-11-19-15(18)20-13-7-9-14(23-5)10-8-13/h7-10H,6,11-12H2,1-5H3,(H3,18,19,20). The van der Waals surface area contributed by atoms with E-state index in [4.69, 9.17) is 15.2 Å². The molecule has 0 spiro atoms. The van der Waals surface area contributed by atoms with E-state index < -0.39 is 5.60 Å². The van der Waals surface area contributed by atoms with Gasteiger partial charge < -0.3 is 25.4 Å². The number of likely N-dealkylation sites (N-methyl/N-ethyl adjacent to an activating group) is 1. The highest BCUT2D eigenvalue weighted by Gasteiger charge is 2.20. The van der Waals surface area contributed by atoms with Crippen molar-refractivity contribution in [3.63, 3.8) is 0 Å². The Morgan fingerprint density at radius 1 is 1.29 bits per heavy atom. The Bertz CT molecular complexity index is 550. The number of carbonyl (C=O) groups excluding carboxylic acids is 1. The average molecular weight is 336 g/mol. The summed E-state index contributed by atoms with van der Waals surface area (Å²) in [6.45, 7) is 8.80. The second-order valence-corrected chi connectivity index (χ2v) is 6.18. The van der Waals surface area contributed by atoms with Gasteiger partial charge in [-0.15, -0.1) is 0 Å². The van der Waals surface area contributed by atoms with Gasteiger partial charge in [0.15, 0.2) is 5.96 Å². The van der Waals surface area contributed by atoms with E-state index in [-0.39, 0.29) is 6.09 Å². The SMILES string of the molecule is CCN(CCN=C(N)Nc1ccc(OC)cc1)C(=O)OC(C)(C)C. The van der Waals surface area contributed by atoms with Gasteiger partial charge in [0.2, 0.25) is 0 Å². The maximum absolute atomic E-state index is 12.0. The van der Waals surface area contributed by atoms with Crippen LogP contribution in [0.1, 0.15) is 27.7 Å². The summed E-state index contributed by atoms with van der Waals surface area (Å²) in [4.78, 5) is 17.8. The van der Waals surface area contributed by atoms with E-state index in [1.54, 1.807) is 12.0 Å². The summed E-state index contributed by atoms with van der Waals surface area (Å²) < 4.78 is 10.4. The third kappa shape index (κ3) is 7.21. The Morgan fingerprint density at radius 3 is 2.42 bits per heavy atom. The van der Waals surface area contributed by atoms with Crippen LogP contribution in [-0.2, 0) is 4.74 Å². The van der Waals surface area contributed by atoms with Crippen LogP contribution in [-0.4, -0.2) is 49.3 Å². The van der Waals surface area contributed by atoms with Crippen molar-refractivity contribution in [2.45, 2.75) is 33.3 Å². The van der Waals surface area contributed by atoms with Crippen molar-refractivity contribution in [3.8, 4) is 5.75 Å². The van der Waals surface area contributed by atoms with Gasteiger partial charge in [-0.1, -0.05) is 0 Å². The molecule has 0 saturated carbocycles. The first-order valence-electron chi connectivity index (χ1n) is 7.94. The Balaban J connectivity index is 2.49. The van der Waals surface area contributed by atoms with Gasteiger partial charge in [0.05, 0.1) is 13.7 Å². The van der Waals surface area contributed by atoms with E-state index in [1.165, 1.54) is 0 Å². The van der Waals surface area contributed by atoms with Crippen LogP contribution in [0, 0.1) is 0 Å². The lowest BCUT2D eigenvalue weighted by Crippen LogP contribution is -2.38. The fourth-order valence-electron chi connectivity index (χ4n) is 1.86. The maximum Gasteiger partial charge on any atom is 0.410 e. The van der Waals surface area contributed by atoms with E-state index in [1.807, 2.05) is 52.0 Å². The molecule has 0 bridgehead atoms. The van der Waals surface area contributed by atoms with Gasteiger partial charge in [-0.25, -0.2) is 4.79 Å². The minimum absolute atomic E-state index is 0.292. The smallest absolute Gasteiger partial charge is 0.410 e. The Kier molecular flexibility index (Phi) is 7.35. The maximum atomic E-state index is 12.0. The molecule has 7 nitrogen and oxygen atoms in total. The van der Waals surface area contributed by atoms with E-state index in [2.05, 4.69) is 10.3 Å². The summed E-state index contributed by atoms with van der Waals surface area (Å²) >= 11 is 0. The lowest BCUT2D eigenvalue weighted by atomic mass is 10.2. The Morgan fingerprint density at radius 2 is 1.92 bits per heavy atom. The number of hydrogen-bond acceptors (Lipinski definition) is 4. The molecule has 0 unspecified atom stereocenters. The number of hydrogen-bond donors (Lipinski definition) is 2. The molecule has 1 aromatic carbocycles. The number of nitrogens with two attached hydrogens (primary N) is 1. The van der Waals surface area contributed by atoms with Crippen molar-refractivity contribution in [2.75, 3.05) is 32.1 Å². The van der Waals surface area contributed by atoms with Gasteiger partial charge >= 0.3 is 6.09 Å². The molecule has 0 aliphatic heterocycles. The van der Waals surface area contributed by atoms with Crippen molar-refractivity contribution < 1.29 is 14.3 Å². The zero-order valence-electron chi connectivity index (χ0n) is 15.1. The molecule has 0 radical (unpaired) electrons. The number of anilines is 1. The molecule has 1 amide bonds. The van der Waals surface area contributed by atoms with Crippen molar-refractivity contribution in [2.24, 2.45) is 10.7 Å². The number of ether oxygens (including phenoxy) is 2. The third-order valence-electron chi connectivity index (χ3n) is 3.05. The van der Waals surface area contributed by atoms with Crippen molar-refractivity contribution in [3.05, 3.63) is 24.3 Å². The van der Waals surface area contributed by atoms with Gasteiger partial charge in [0.1, 0.15) is 11.4 Å². The predicted octanol–water partition coefficient (Wildman–Crippen LogP) is 2.68. The molecular formula is C17H28N4O3. The lowest BCUT2D eigenvalue weighted by Gasteiger charge is -2.26. The first-order chi connectivity index (χ1) is 11.2. The van der Waals surface area contributed by atoms with Crippen LogP contribution >= 0.6 is 0 Å². The largest absolute Gasteiger partial charge is 0.497 e. The third-order valence-corrected chi connectivity index (χ3v) is 3.05. The number of carbonyl (C=O) groups is 1. The van der Waals surface area contributed by atoms with Gasteiger partial charge in [-0.3, -0.25) is 4.99 Å². The molecule has 0 aliphatic rings. The summed E-state index contributed by atoms with van der Waals surface area (Å²) in [6.07, 6.45) is -0.345. The first kappa shape index (κ1) is 19.6. The molecule has 1 aromatic rings. The monoisotopic (exact) mass is 336 g/mol. The quantitative estimate of drug-likeness (QED) is 0.616. The van der Waals surface area contributed by atoms with Crippen molar-refractivity contribution >= 4 is 17.7 Å². The molecule has 7 heteroatoms. The summed E-state index contributed by atoms with van der Waals surface area (Å²) in [5, 5.41) is 2.99. The molecule has 3 N–H and O–H groups in total. The van der Waals surface area contributed by atoms with Gasteiger partial charge in [-0.05, 0) is 52.0 Å². The fraction of sp³-hybridized carbons (Fsp3) is 0.529. The van der Waals surface area contributed by atoms with Crippen LogP contribution in [0.2, 0.25) is 0 Å².